The van der Waals surface area contributed by atoms with Gasteiger partial charge in [0.05, 0.1) is 20.3 Å². The van der Waals surface area contributed by atoms with Crippen molar-refractivity contribution >= 4 is 23.5 Å². The molecule has 0 aromatic heterocycles. The lowest BCUT2D eigenvalue weighted by atomic mass is 10.2. The lowest BCUT2D eigenvalue weighted by Gasteiger charge is -2.23. The molecule has 1 saturated carbocycles. The van der Waals surface area contributed by atoms with Gasteiger partial charge >= 0.3 is 6.03 Å². The summed E-state index contributed by atoms with van der Waals surface area (Å²) >= 11 is 1.93. The molecule has 0 bridgehead atoms. The van der Waals surface area contributed by atoms with Gasteiger partial charge in [-0.3, -0.25) is 0 Å². The highest BCUT2D eigenvalue weighted by molar-refractivity contribution is 8.00. The van der Waals surface area contributed by atoms with Gasteiger partial charge in [-0.2, -0.15) is 0 Å². The van der Waals surface area contributed by atoms with E-state index in [4.69, 9.17) is 4.74 Å². The molecular weight excluding hydrogens is 372 g/mol. The van der Waals surface area contributed by atoms with Crippen LogP contribution < -0.4 is 10.1 Å². The fourth-order valence-corrected chi connectivity index (χ4v) is 4.68. The molecule has 3 rings (SSSR count). The van der Waals surface area contributed by atoms with Crippen molar-refractivity contribution in [2.24, 2.45) is 0 Å². The Balaban J connectivity index is 1.61. The molecule has 2 aromatic carbocycles. The monoisotopic (exact) mass is 400 g/mol. The number of aliphatic hydroxyl groups is 1. The number of urea groups is 1. The number of nitrogens with one attached hydrogen (secondary N) is 1. The molecule has 0 spiro atoms. The van der Waals surface area contributed by atoms with Gasteiger partial charge in [0.15, 0.2) is 0 Å². The molecule has 1 aliphatic carbocycles. The Hall–Kier alpha value is -2.18. The highest BCUT2D eigenvalue weighted by Gasteiger charge is 2.17. The number of ether oxygens (including phenoxy) is 1. The molecule has 5 nitrogen and oxygen atoms in total. The van der Waals surface area contributed by atoms with Crippen molar-refractivity contribution < 1.29 is 14.6 Å². The van der Waals surface area contributed by atoms with E-state index in [0.29, 0.717) is 6.54 Å². The van der Waals surface area contributed by atoms with Crippen LogP contribution in [0.25, 0.3) is 0 Å². The first-order valence-corrected chi connectivity index (χ1v) is 10.6. The second kappa shape index (κ2) is 10.4. The third-order valence-corrected chi connectivity index (χ3v) is 6.27. The van der Waals surface area contributed by atoms with Crippen molar-refractivity contribution in [3.8, 4) is 5.75 Å². The van der Waals surface area contributed by atoms with Crippen LogP contribution in [-0.4, -0.2) is 41.5 Å². The predicted octanol–water partition coefficient (Wildman–Crippen LogP) is 4.76. The van der Waals surface area contributed by atoms with E-state index in [2.05, 4.69) is 17.4 Å². The molecule has 0 heterocycles. The van der Waals surface area contributed by atoms with Gasteiger partial charge in [0.1, 0.15) is 5.75 Å². The topological polar surface area (TPSA) is 61.8 Å². The standard InChI is InChI=1S/C22H28N2O3S/c1-27-21-9-5-2-6-17(21)16-24(14-15-25)22(26)23-18-10-12-20(13-11-18)28-19-7-3-4-8-19/h2,5-6,9-13,19,25H,3-4,7-8,14-16H2,1H3,(H,23,26). The maximum Gasteiger partial charge on any atom is 0.322 e. The van der Waals surface area contributed by atoms with E-state index >= 15 is 0 Å². The van der Waals surface area contributed by atoms with Gasteiger partial charge in [-0.25, -0.2) is 4.79 Å². The first kappa shape index (κ1) is 20.6. The van der Waals surface area contributed by atoms with Crippen LogP contribution in [0.1, 0.15) is 31.2 Å². The Morgan fingerprint density at radius 1 is 1.18 bits per heavy atom. The number of anilines is 1. The van der Waals surface area contributed by atoms with Gasteiger partial charge in [0, 0.05) is 27.9 Å². The number of aliphatic hydroxyl groups excluding tert-OH is 1. The summed E-state index contributed by atoms with van der Waals surface area (Å²) in [6, 6.07) is 15.4. The highest BCUT2D eigenvalue weighted by atomic mass is 32.2. The zero-order valence-electron chi connectivity index (χ0n) is 16.3. The van der Waals surface area contributed by atoms with Gasteiger partial charge in [-0.05, 0) is 43.2 Å². The van der Waals surface area contributed by atoms with Gasteiger partial charge in [-0.1, -0.05) is 31.0 Å². The molecule has 0 atom stereocenters. The summed E-state index contributed by atoms with van der Waals surface area (Å²) in [5, 5.41) is 13.0. The molecule has 0 aliphatic heterocycles. The van der Waals surface area contributed by atoms with Crippen LogP contribution in [0, 0.1) is 0 Å². The SMILES string of the molecule is COc1ccccc1CN(CCO)C(=O)Nc1ccc(SC2CCCC2)cc1. The average molecular weight is 401 g/mol. The molecule has 2 aromatic rings. The molecule has 1 fully saturated rings. The number of hydrogen-bond acceptors (Lipinski definition) is 4. The zero-order valence-corrected chi connectivity index (χ0v) is 17.1. The predicted molar refractivity (Wildman–Crippen MR) is 114 cm³/mol. The summed E-state index contributed by atoms with van der Waals surface area (Å²) in [5.41, 5.74) is 1.65. The van der Waals surface area contributed by atoms with Crippen LogP contribution in [0.15, 0.2) is 53.4 Å². The minimum Gasteiger partial charge on any atom is -0.496 e. The fraction of sp³-hybridized carbons (Fsp3) is 0.409. The van der Waals surface area contributed by atoms with E-state index in [1.54, 1.807) is 12.0 Å². The number of methoxy groups -OCH3 is 1. The number of benzene rings is 2. The van der Waals surface area contributed by atoms with Crippen molar-refractivity contribution in [1.29, 1.82) is 0 Å². The van der Waals surface area contributed by atoms with Crippen LogP contribution in [0.2, 0.25) is 0 Å². The number of hydrogen-bond donors (Lipinski definition) is 2. The number of carbonyl (C=O) groups is 1. The summed E-state index contributed by atoms with van der Waals surface area (Å²) in [5.74, 6) is 0.728. The Morgan fingerprint density at radius 3 is 2.57 bits per heavy atom. The minimum absolute atomic E-state index is 0.0977. The van der Waals surface area contributed by atoms with Gasteiger partial charge < -0.3 is 20.1 Å². The largest absolute Gasteiger partial charge is 0.496 e. The van der Waals surface area contributed by atoms with Crippen LogP contribution in [-0.2, 0) is 6.54 Å². The summed E-state index contributed by atoms with van der Waals surface area (Å²) in [6.07, 6.45) is 5.25. The van der Waals surface area contributed by atoms with Crippen LogP contribution in [0.3, 0.4) is 0 Å². The Bertz CT molecular complexity index is 761. The molecule has 1 aliphatic rings. The second-order valence-electron chi connectivity index (χ2n) is 6.94. The van der Waals surface area contributed by atoms with Gasteiger partial charge in [-0.15, -0.1) is 11.8 Å². The Morgan fingerprint density at radius 2 is 1.89 bits per heavy atom. The number of rotatable bonds is 8. The maximum atomic E-state index is 12.7. The van der Waals surface area contributed by atoms with E-state index in [1.807, 2.05) is 48.2 Å². The third kappa shape index (κ3) is 5.66. The first-order valence-electron chi connectivity index (χ1n) is 9.75. The molecule has 150 valence electrons. The van der Waals surface area contributed by atoms with Crippen molar-refractivity contribution in [1.82, 2.24) is 4.90 Å². The number of thioether (sulfide) groups is 1. The van der Waals surface area contributed by atoms with Gasteiger partial charge in [0.25, 0.3) is 0 Å². The second-order valence-corrected chi connectivity index (χ2v) is 8.31. The lowest BCUT2D eigenvalue weighted by Crippen LogP contribution is -2.36. The quantitative estimate of drug-likeness (QED) is 0.671. The first-order chi connectivity index (χ1) is 13.7. The Labute approximate surface area is 171 Å². The number of para-hydroxylation sites is 1. The average Bonchev–Trinajstić information content (AvgIpc) is 3.22. The zero-order chi connectivity index (χ0) is 19.8. The molecule has 2 amide bonds. The molecule has 0 saturated heterocycles. The molecule has 6 heteroatoms. The lowest BCUT2D eigenvalue weighted by molar-refractivity contribution is 0.184. The summed E-state index contributed by atoms with van der Waals surface area (Å²) < 4.78 is 5.37. The molecular formula is C22H28N2O3S. The van der Waals surface area contributed by atoms with Crippen LogP contribution in [0.4, 0.5) is 10.5 Å². The van der Waals surface area contributed by atoms with Gasteiger partial charge in [0.2, 0.25) is 0 Å². The number of amides is 2. The van der Waals surface area contributed by atoms with E-state index in [-0.39, 0.29) is 19.2 Å². The molecule has 2 N–H and O–H groups in total. The minimum atomic E-state index is -0.240. The number of carbonyl (C=O) groups excluding carboxylic acids is 1. The van der Waals surface area contributed by atoms with Crippen molar-refractivity contribution in [2.75, 3.05) is 25.6 Å². The highest BCUT2D eigenvalue weighted by Crippen LogP contribution is 2.35. The normalized spacial score (nSPS) is 14.1. The maximum absolute atomic E-state index is 12.7. The van der Waals surface area contributed by atoms with Crippen molar-refractivity contribution in [3.63, 3.8) is 0 Å². The summed E-state index contributed by atoms with van der Waals surface area (Å²) in [6.45, 7) is 0.519. The third-order valence-electron chi connectivity index (χ3n) is 4.92. The fourth-order valence-electron chi connectivity index (χ4n) is 3.43. The molecule has 0 radical (unpaired) electrons. The Kier molecular flexibility index (Phi) is 7.62. The summed E-state index contributed by atoms with van der Waals surface area (Å²) in [7, 11) is 1.61. The van der Waals surface area contributed by atoms with E-state index in [0.717, 1.165) is 22.3 Å². The van der Waals surface area contributed by atoms with Crippen molar-refractivity contribution in [2.45, 2.75) is 42.4 Å². The van der Waals surface area contributed by atoms with E-state index in [1.165, 1.54) is 30.6 Å². The summed E-state index contributed by atoms with van der Waals surface area (Å²) in [4.78, 5) is 15.6. The molecule has 28 heavy (non-hydrogen) atoms. The van der Waals surface area contributed by atoms with E-state index < -0.39 is 0 Å². The molecule has 0 unspecified atom stereocenters. The van der Waals surface area contributed by atoms with Crippen LogP contribution in [0.5, 0.6) is 5.75 Å². The number of nitrogens with zero attached hydrogens (tertiary/aromatic N) is 1. The van der Waals surface area contributed by atoms with Crippen LogP contribution >= 0.6 is 11.8 Å². The van der Waals surface area contributed by atoms with E-state index in [9.17, 15) is 9.90 Å². The van der Waals surface area contributed by atoms with Crippen molar-refractivity contribution in [3.05, 3.63) is 54.1 Å². The smallest absolute Gasteiger partial charge is 0.322 e.